The van der Waals surface area contributed by atoms with Gasteiger partial charge in [-0.15, -0.1) is 11.3 Å². The number of aryl methyl sites for hydroxylation is 4. The number of thiophene rings is 1. The van der Waals surface area contributed by atoms with Crippen LogP contribution in [0.25, 0.3) is 0 Å². The van der Waals surface area contributed by atoms with E-state index in [-0.39, 0.29) is 5.91 Å². The van der Waals surface area contributed by atoms with E-state index in [2.05, 4.69) is 23.5 Å². The second kappa shape index (κ2) is 6.02. The van der Waals surface area contributed by atoms with E-state index in [1.807, 2.05) is 19.9 Å². The van der Waals surface area contributed by atoms with E-state index in [0.717, 1.165) is 34.5 Å². The molecule has 0 saturated carbocycles. The number of benzene rings is 1. The van der Waals surface area contributed by atoms with Gasteiger partial charge in [-0.05, 0) is 68.4 Å². The van der Waals surface area contributed by atoms with Gasteiger partial charge >= 0.3 is 0 Å². The van der Waals surface area contributed by atoms with Crippen LogP contribution < -0.4 is 5.32 Å². The predicted molar refractivity (Wildman–Crippen MR) is 89.4 cm³/mol. The molecule has 2 nitrogen and oxygen atoms in total. The van der Waals surface area contributed by atoms with Crippen LogP contribution in [0, 0.1) is 13.8 Å². The molecule has 21 heavy (non-hydrogen) atoms. The number of rotatable bonds is 2. The third-order valence-electron chi connectivity index (χ3n) is 4.11. The summed E-state index contributed by atoms with van der Waals surface area (Å²) in [5.74, 6) is 0.0294. The van der Waals surface area contributed by atoms with Crippen LogP contribution in [0.15, 0.2) is 24.3 Å². The van der Waals surface area contributed by atoms with Crippen molar-refractivity contribution in [3.05, 3.63) is 50.7 Å². The highest BCUT2D eigenvalue weighted by molar-refractivity contribution is 7.14. The molecule has 3 rings (SSSR count). The molecule has 0 fully saturated rings. The van der Waals surface area contributed by atoms with E-state index in [9.17, 15) is 4.79 Å². The summed E-state index contributed by atoms with van der Waals surface area (Å²) in [6.45, 7) is 4.07. The molecule has 1 aliphatic rings. The van der Waals surface area contributed by atoms with E-state index in [0.29, 0.717) is 0 Å². The van der Waals surface area contributed by atoms with Crippen molar-refractivity contribution >= 4 is 22.9 Å². The van der Waals surface area contributed by atoms with Crippen LogP contribution in [-0.2, 0) is 12.8 Å². The van der Waals surface area contributed by atoms with E-state index < -0.39 is 0 Å². The van der Waals surface area contributed by atoms with Crippen molar-refractivity contribution in [2.24, 2.45) is 0 Å². The molecule has 1 aromatic carbocycles. The van der Waals surface area contributed by atoms with Crippen molar-refractivity contribution in [1.29, 1.82) is 0 Å². The molecule has 1 N–H and O–H groups in total. The van der Waals surface area contributed by atoms with Gasteiger partial charge in [0.05, 0.1) is 4.88 Å². The normalized spacial score (nSPS) is 14.4. The molecule has 0 saturated heterocycles. The maximum atomic E-state index is 12.5. The summed E-state index contributed by atoms with van der Waals surface area (Å²) in [5, 5.41) is 3.06. The van der Waals surface area contributed by atoms with Crippen LogP contribution in [0.3, 0.4) is 0 Å². The molecule has 3 heteroatoms. The van der Waals surface area contributed by atoms with Gasteiger partial charge in [0.2, 0.25) is 0 Å². The smallest absolute Gasteiger partial charge is 0.265 e. The highest BCUT2D eigenvalue weighted by Crippen LogP contribution is 2.29. The Morgan fingerprint density at radius 3 is 2.76 bits per heavy atom. The van der Waals surface area contributed by atoms with Gasteiger partial charge in [0.1, 0.15) is 0 Å². The fourth-order valence-corrected chi connectivity index (χ4v) is 3.98. The van der Waals surface area contributed by atoms with Gasteiger partial charge in [-0.1, -0.05) is 18.6 Å². The number of nitrogens with one attached hydrogen (secondary N) is 1. The Labute approximate surface area is 130 Å². The van der Waals surface area contributed by atoms with Gasteiger partial charge in [-0.25, -0.2) is 0 Å². The fourth-order valence-electron chi connectivity index (χ4n) is 2.83. The quantitative estimate of drug-likeness (QED) is 0.786. The number of amides is 1. The standard InChI is InChI=1S/C18H21NOS/c1-12-8-9-13(2)15(10-12)19-18(20)17-11-14-6-4-3-5-7-16(14)21-17/h8-11H,3-7H2,1-2H3,(H,19,20). The van der Waals surface area contributed by atoms with E-state index >= 15 is 0 Å². The first-order valence-corrected chi connectivity index (χ1v) is 8.45. The largest absolute Gasteiger partial charge is 0.321 e. The second-order valence-electron chi connectivity index (χ2n) is 5.89. The Bertz CT molecular complexity index is 648. The molecule has 0 radical (unpaired) electrons. The number of hydrogen-bond donors (Lipinski definition) is 1. The first-order valence-electron chi connectivity index (χ1n) is 7.63. The lowest BCUT2D eigenvalue weighted by Crippen LogP contribution is -2.11. The van der Waals surface area contributed by atoms with E-state index in [1.54, 1.807) is 11.3 Å². The fraction of sp³-hybridized carbons (Fsp3) is 0.389. The average Bonchev–Trinajstić information content (AvgIpc) is 2.74. The van der Waals surface area contributed by atoms with Crippen LogP contribution in [-0.4, -0.2) is 5.91 Å². The van der Waals surface area contributed by atoms with Crippen molar-refractivity contribution in [2.75, 3.05) is 5.32 Å². The molecule has 1 heterocycles. The minimum absolute atomic E-state index is 0.0294. The number of hydrogen-bond acceptors (Lipinski definition) is 2. The zero-order chi connectivity index (χ0) is 14.8. The molecule has 1 amide bonds. The van der Waals surface area contributed by atoms with Gasteiger partial charge in [0.15, 0.2) is 0 Å². The molecule has 110 valence electrons. The molecule has 2 aromatic rings. The van der Waals surface area contributed by atoms with Crippen molar-refractivity contribution in [3.8, 4) is 0 Å². The van der Waals surface area contributed by atoms with Crippen LogP contribution in [0.4, 0.5) is 5.69 Å². The van der Waals surface area contributed by atoms with Crippen molar-refractivity contribution < 1.29 is 4.79 Å². The summed E-state index contributed by atoms with van der Waals surface area (Å²) >= 11 is 1.67. The zero-order valence-corrected chi connectivity index (χ0v) is 13.5. The maximum absolute atomic E-state index is 12.5. The Hall–Kier alpha value is -1.61. The highest BCUT2D eigenvalue weighted by atomic mass is 32.1. The Morgan fingerprint density at radius 1 is 1.10 bits per heavy atom. The molecular weight excluding hydrogens is 278 g/mol. The molecule has 0 bridgehead atoms. The topological polar surface area (TPSA) is 29.1 Å². The number of fused-ring (bicyclic) bond motifs is 1. The van der Waals surface area contributed by atoms with Crippen molar-refractivity contribution in [1.82, 2.24) is 0 Å². The molecule has 0 spiro atoms. The molecule has 0 unspecified atom stereocenters. The van der Waals surface area contributed by atoms with Gasteiger partial charge in [0.25, 0.3) is 5.91 Å². The van der Waals surface area contributed by atoms with Crippen LogP contribution >= 0.6 is 11.3 Å². The van der Waals surface area contributed by atoms with Crippen molar-refractivity contribution in [2.45, 2.75) is 46.0 Å². The van der Waals surface area contributed by atoms with Crippen LogP contribution in [0.1, 0.15) is 50.5 Å². The second-order valence-corrected chi connectivity index (χ2v) is 7.03. The highest BCUT2D eigenvalue weighted by Gasteiger charge is 2.17. The van der Waals surface area contributed by atoms with E-state index in [1.165, 1.54) is 29.7 Å². The van der Waals surface area contributed by atoms with Crippen molar-refractivity contribution in [3.63, 3.8) is 0 Å². The first kappa shape index (κ1) is 14.3. The lowest BCUT2D eigenvalue weighted by Gasteiger charge is -2.08. The lowest BCUT2D eigenvalue weighted by molar-refractivity contribution is 0.103. The Balaban J connectivity index is 1.81. The minimum atomic E-state index is 0.0294. The van der Waals surface area contributed by atoms with Gasteiger partial charge in [-0.2, -0.15) is 0 Å². The predicted octanol–water partition coefficient (Wildman–Crippen LogP) is 4.89. The third-order valence-corrected chi connectivity index (χ3v) is 5.35. The van der Waals surface area contributed by atoms with Gasteiger partial charge < -0.3 is 5.32 Å². The molecule has 1 aliphatic carbocycles. The summed E-state index contributed by atoms with van der Waals surface area (Å²) in [6, 6.07) is 8.25. The van der Waals surface area contributed by atoms with Crippen LogP contribution in [0.2, 0.25) is 0 Å². The summed E-state index contributed by atoms with van der Waals surface area (Å²) in [4.78, 5) is 14.7. The monoisotopic (exact) mass is 299 g/mol. The summed E-state index contributed by atoms with van der Waals surface area (Å²) in [6.07, 6.45) is 6.08. The average molecular weight is 299 g/mol. The maximum Gasteiger partial charge on any atom is 0.265 e. The zero-order valence-electron chi connectivity index (χ0n) is 12.7. The summed E-state index contributed by atoms with van der Waals surface area (Å²) in [7, 11) is 0. The minimum Gasteiger partial charge on any atom is -0.321 e. The number of carbonyl (C=O) groups excluding carboxylic acids is 1. The SMILES string of the molecule is Cc1ccc(C)c(NC(=O)c2cc3c(s2)CCCCC3)c1. The third kappa shape index (κ3) is 3.18. The van der Waals surface area contributed by atoms with E-state index in [4.69, 9.17) is 0 Å². The summed E-state index contributed by atoms with van der Waals surface area (Å²) < 4.78 is 0. The Morgan fingerprint density at radius 2 is 1.90 bits per heavy atom. The lowest BCUT2D eigenvalue weighted by atomic mass is 10.1. The molecule has 0 aliphatic heterocycles. The Kier molecular flexibility index (Phi) is 4.11. The first-order chi connectivity index (χ1) is 10.1. The molecular formula is C18H21NOS. The van der Waals surface area contributed by atoms with Crippen LogP contribution in [0.5, 0.6) is 0 Å². The van der Waals surface area contributed by atoms with Gasteiger partial charge in [-0.3, -0.25) is 4.79 Å². The summed E-state index contributed by atoms with van der Waals surface area (Å²) in [5.41, 5.74) is 4.58. The number of anilines is 1. The molecule has 1 aromatic heterocycles. The molecule has 0 atom stereocenters. The van der Waals surface area contributed by atoms with Gasteiger partial charge in [0, 0.05) is 10.6 Å². The number of carbonyl (C=O) groups is 1.